The molecule has 164 valence electrons. The molecule has 0 amide bonds. The average molecular weight is 424 g/mol. The monoisotopic (exact) mass is 423 g/mol. The van der Waals surface area contributed by atoms with E-state index in [4.69, 9.17) is 0 Å². The normalized spacial score (nSPS) is 19.7. The molecular formula is C22H29N7O2. The molecule has 5 rings (SSSR count). The summed E-state index contributed by atoms with van der Waals surface area (Å²) < 4.78 is 3.21. The summed E-state index contributed by atoms with van der Waals surface area (Å²) in [6.07, 6.45) is 4.34. The molecule has 2 N–H and O–H groups in total. The number of fused-ring (bicyclic) bond motifs is 1. The molecule has 2 aliphatic rings. The Hall–Kier alpha value is -2.75. The number of nitrogens with one attached hydrogen (secondary N) is 1. The van der Waals surface area contributed by atoms with E-state index in [2.05, 4.69) is 44.4 Å². The Morgan fingerprint density at radius 1 is 1.06 bits per heavy atom. The van der Waals surface area contributed by atoms with Gasteiger partial charge >= 0.3 is 0 Å². The van der Waals surface area contributed by atoms with Gasteiger partial charge in [-0.3, -0.25) is 9.36 Å². The van der Waals surface area contributed by atoms with E-state index in [-0.39, 0.29) is 12.1 Å². The average Bonchev–Trinajstić information content (AvgIpc) is 3.22. The highest BCUT2D eigenvalue weighted by molar-refractivity contribution is 5.75. The third kappa shape index (κ3) is 3.96. The zero-order chi connectivity index (χ0) is 21.4. The summed E-state index contributed by atoms with van der Waals surface area (Å²) in [5, 5.41) is 18.9. The number of piperazine rings is 1. The van der Waals surface area contributed by atoms with Crippen LogP contribution in [-0.4, -0.2) is 81.3 Å². The number of hydrogen-bond acceptors (Lipinski definition) is 7. The fourth-order valence-corrected chi connectivity index (χ4v) is 4.49. The van der Waals surface area contributed by atoms with E-state index >= 15 is 0 Å². The summed E-state index contributed by atoms with van der Waals surface area (Å²) in [4.78, 5) is 22.2. The summed E-state index contributed by atoms with van der Waals surface area (Å²) >= 11 is 0. The van der Waals surface area contributed by atoms with Crippen molar-refractivity contribution < 1.29 is 5.11 Å². The molecule has 9 heteroatoms. The van der Waals surface area contributed by atoms with Crippen molar-refractivity contribution >= 4 is 16.7 Å². The maximum atomic E-state index is 13.0. The minimum absolute atomic E-state index is 0.169. The molecular weight excluding hydrogens is 394 g/mol. The highest BCUT2D eigenvalue weighted by Gasteiger charge is 2.30. The van der Waals surface area contributed by atoms with E-state index in [9.17, 15) is 9.90 Å². The van der Waals surface area contributed by atoms with E-state index in [1.807, 2.05) is 12.1 Å². The van der Waals surface area contributed by atoms with E-state index in [1.165, 1.54) is 16.6 Å². The maximum absolute atomic E-state index is 13.0. The highest BCUT2D eigenvalue weighted by atomic mass is 16.3. The predicted molar refractivity (Wildman–Crippen MR) is 120 cm³/mol. The first-order chi connectivity index (χ1) is 15.0. The first-order valence-electron chi connectivity index (χ1n) is 10.9. The largest absolute Gasteiger partial charge is 0.388 e. The quantitative estimate of drug-likeness (QED) is 0.630. The molecule has 0 radical (unpaired) electrons. The van der Waals surface area contributed by atoms with Crippen LogP contribution in [0.15, 0.2) is 41.6 Å². The molecule has 1 aromatic carbocycles. The number of rotatable bonds is 4. The predicted octanol–water partition coefficient (Wildman–Crippen LogP) is 0.449. The second-order valence-electron chi connectivity index (χ2n) is 8.75. The molecule has 0 spiro atoms. The van der Waals surface area contributed by atoms with Crippen molar-refractivity contribution in [3.63, 3.8) is 0 Å². The number of benzene rings is 1. The molecule has 4 heterocycles. The van der Waals surface area contributed by atoms with Gasteiger partial charge in [0.1, 0.15) is 11.7 Å². The van der Waals surface area contributed by atoms with Gasteiger partial charge in [-0.05, 0) is 57.2 Å². The van der Waals surface area contributed by atoms with Crippen LogP contribution >= 0.6 is 0 Å². The number of likely N-dealkylation sites (N-methyl/N-ethyl adjacent to an activating group) is 1. The molecule has 2 aromatic heterocycles. The van der Waals surface area contributed by atoms with Crippen molar-refractivity contribution in [3.8, 4) is 5.69 Å². The van der Waals surface area contributed by atoms with Crippen molar-refractivity contribution in [3.05, 3.63) is 47.1 Å². The summed E-state index contributed by atoms with van der Waals surface area (Å²) in [6, 6.07) is 8.24. The van der Waals surface area contributed by atoms with Crippen LogP contribution in [0.5, 0.6) is 0 Å². The van der Waals surface area contributed by atoms with Gasteiger partial charge in [-0.25, -0.2) is 9.67 Å². The van der Waals surface area contributed by atoms with Gasteiger partial charge in [0.25, 0.3) is 5.56 Å². The Morgan fingerprint density at radius 3 is 2.45 bits per heavy atom. The van der Waals surface area contributed by atoms with Crippen LogP contribution in [0.2, 0.25) is 0 Å². The zero-order valence-corrected chi connectivity index (χ0v) is 17.9. The lowest BCUT2D eigenvalue weighted by molar-refractivity contribution is -0.00627. The summed E-state index contributed by atoms with van der Waals surface area (Å²) in [6.45, 7) is 5.92. The number of piperidine rings is 1. The Balaban J connectivity index is 1.40. The second-order valence-corrected chi connectivity index (χ2v) is 8.75. The molecule has 2 fully saturated rings. The fourth-order valence-electron chi connectivity index (χ4n) is 4.49. The zero-order valence-electron chi connectivity index (χ0n) is 17.9. The van der Waals surface area contributed by atoms with Crippen LogP contribution in [0.25, 0.3) is 16.7 Å². The first kappa shape index (κ1) is 20.2. The Labute approximate surface area is 180 Å². The van der Waals surface area contributed by atoms with Crippen LogP contribution in [-0.2, 0) is 6.54 Å². The topological polar surface area (TPSA) is 91.5 Å². The maximum Gasteiger partial charge on any atom is 0.264 e. The van der Waals surface area contributed by atoms with E-state index in [0.29, 0.717) is 23.9 Å². The van der Waals surface area contributed by atoms with E-state index in [0.717, 1.165) is 45.0 Å². The Kier molecular flexibility index (Phi) is 5.25. The van der Waals surface area contributed by atoms with Gasteiger partial charge < -0.3 is 20.2 Å². The third-order valence-corrected chi connectivity index (χ3v) is 6.52. The lowest BCUT2D eigenvalue weighted by Gasteiger charge is -2.34. The molecule has 31 heavy (non-hydrogen) atoms. The molecule has 2 saturated heterocycles. The lowest BCUT2D eigenvalue weighted by atomic mass is 9.92. The molecule has 0 unspecified atom stereocenters. The third-order valence-electron chi connectivity index (χ3n) is 6.52. The minimum atomic E-state index is -0.875. The van der Waals surface area contributed by atoms with Gasteiger partial charge in [-0.2, -0.15) is 5.10 Å². The Bertz CT molecular complexity index is 1110. The summed E-state index contributed by atoms with van der Waals surface area (Å²) in [5.41, 5.74) is 1.55. The number of aliphatic hydroxyl groups is 1. The molecule has 0 aliphatic carbocycles. The van der Waals surface area contributed by atoms with E-state index < -0.39 is 5.60 Å². The van der Waals surface area contributed by atoms with Gasteiger partial charge in [-0.1, -0.05) is 0 Å². The van der Waals surface area contributed by atoms with Crippen LogP contribution in [0.1, 0.15) is 12.8 Å². The van der Waals surface area contributed by atoms with Gasteiger partial charge in [0.15, 0.2) is 5.65 Å². The molecule has 0 atom stereocenters. The van der Waals surface area contributed by atoms with Crippen LogP contribution < -0.4 is 15.8 Å². The van der Waals surface area contributed by atoms with Crippen molar-refractivity contribution in [1.29, 1.82) is 0 Å². The van der Waals surface area contributed by atoms with Crippen molar-refractivity contribution in [2.45, 2.75) is 25.0 Å². The molecule has 9 nitrogen and oxygen atoms in total. The lowest BCUT2D eigenvalue weighted by Crippen LogP contribution is -2.46. The number of anilines is 1. The number of aromatic nitrogens is 4. The van der Waals surface area contributed by atoms with Crippen molar-refractivity contribution in [2.24, 2.45) is 0 Å². The van der Waals surface area contributed by atoms with Gasteiger partial charge in [0.05, 0.1) is 24.0 Å². The van der Waals surface area contributed by atoms with Gasteiger partial charge in [-0.15, -0.1) is 0 Å². The van der Waals surface area contributed by atoms with Crippen molar-refractivity contribution in [2.75, 3.05) is 51.2 Å². The molecule has 0 saturated carbocycles. The van der Waals surface area contributed by atoms with Gasteiger partial charge in [0.2, 0.25) is 0 Å². The standard InChI is InChI=1S/C22H29N7O2/c1-26-10-12-27(13-11-26)17-2-4-18(5-3-17)29-20-19(14-25-29)21(30)28(16-24-20)15-22(31)6-8-23-9-7-22/h2-5,14,16,23,31H,6-13,15H2,1H3. The smallest absolute Gasteiger partial charge is 0.264 e. The number of hydrogen-bond donors (Lipinski definition) is 2. The van der Waals surface area contributed by atoms with Crippen LogP contribution in [0.4, 0.5) is 5.69 Å². The van der Waals surface area contributed by atoms with Gasteiger partial charge in [0, 0.05) is 31.9 Å². The summed E-state index contributed by atoms with van der Waals surface area (Å²) in [7, 11) is 2.15. The van der Waals surface area contributed by atoms with Crippen LogP contribution in [0.3, 0.4) is 0 Å². The second kappa shape index (κ2) is 8.07. The molecule has 0 bridgehead atoms. The first-order valence-corrected chi connectivity index (χ1v) is 10.9. The minimum Gasteiger partial charge on any atom is -0.388 e. The Morgan fingerprint density at radius 2 is 1.74 bits per heavy atom. The number of nitrogens with zero attached hydrogens (tertiary/aromatic N) is 6. The highest BCUT2D eigenvalue weighted by Crippen LogP contribution is 2.22. The van der Waals surface area contributed by atoms with Crippen LogP contribution in [0, 0.1) is 0 Å². The SMILES string of the molecule is CN1CCN(c2ccc(-n3ncc4c(=O)n(CC5(O)CCNCC5)cnc43)cc2)CC1. The van der Waals surface area contributed by atoms with E-state index in [1.54, 1.807) is 10.9 Å². The molecule has 3 aromatic rings. The molecule has 2 aliphatic heterocycles. The fraction of sp³-hybridized carbons (Fsp3) is 0.500. The summed E-state index contributed by atoms with van der Waals surface area (Å²) in [5.74, 6) is 0. The van der Waals surface area contributed by atoms with Crippen molar-refractivity contribution in [1.82, 2.24) is 29.5 Å².